The molecule has 0 aliphatic rings. The monoisotopic (exact) mass is 534 g/mol. The van der Waals surface area contributed by atoms with Crippen LogP contribution in [0.5, 0.6) is 0 Å². The molecule has 1 heterocycles. The van der Waals surface area contributed by atoms with Crippen LogP contribution in [-0.2, 0) is 16.0 Å². The number of guanidine groups is 1. The van der Waals surface area contributed by atoms with Crippen molar-refractivity contribution in [2.24, 2.45) is 16.5 Å². The zero-order valence-corrected chi connectivity index (χ0v) is 21.3. The summed E-state index contributed by atoms with van der Waals surface area (Å²) < 4.78 is 13.7. The van der Waals surface area contributed by atoms with Gasteiger partial charge in [-0.15, -0.1) is 0 Å². The van der Waals surface area contributed by atoms with Crippen LogP contribution in [0.4, 0.5) is 10.1 Å². The van der Waals surface area contributed by atoms with Crippen molar-refractivity contribution in [1.29, 1.82) is 0 Å². The van der Waals surface area contributed by atoms with E-state index in [1.165, 1.54) is 17.0 Å². The van der Waals surface area contributed by atoms with Gasteiger partial charge < -0.3 is 26.7 Å². The molecule has 0 aliphatic carbocycles. The molecule has 0 radical (unpaired) electrons. The zero-order valence-electron chi connectivity index (χ0n) is 20.5. The first-order valence-electron chi connectivity index (χ1n) is 12.0. The van der Waals surface area contributed by atoms with Crippen molar-refractivity contribution in [2.75, 3.05) is 18.4 Å². The average Bonchev–Trinajstić information content (AvgIpc) is 3.29. The number of halogens is 2. The summed E-state index contributed by atoms with van der Waals surface area (Å²) in [5.41, 5.74) is 13.5. The maximum atomic E-state index is 13.7. The number of benzene rings is 3. The van der Waals surface area contributed by atoms with Gasteiger partial charge in [-0.1, -0.05) is 48.0 Å². The van der Waals surface area contributed by atoms with Crippen molar-refractivity contribution in [3.63, 3.8) is 0 Å². The molecule has 0 aliphatic heterocycles. The first-order valence-corrected chi connectivity index (χ1v) is 12.4. The van der Waals surface area contributed by atoms with Gasteiger partial charge in [0.05, 0.1) is 6.54 Å². The smallest absolute Gasteiger partial charge is 0.251 e. The number of anilines is 1. The Morgan fingerprint density at radius 1 is 1.05 bits per heavy atom. The van der Waals surface area contributed by atoms with Gasteiger partial charge in [0.2, 0.25) is 5.91 Å². The van der Waals surface area contributed by atoms with E-state index in [2.05, 4.69) is 15.3 Å². The van der Waals surface area contributed by atoms with Crippen LogP contribution in [0, 0.1) is 5.82 Å². The van der Waals surface area contributed by atoms with E-state index >= 15 is 0 Å². The number of carbonyl (C=O) groups excluding carboxylic acids is 2. The second-order valence-corrected chi connectivity index (χ2v) is 9.08. The summed E-state index contributed by atoms with van der Waals surface area (Å²) in [6.07, 6.45) is 2.16. The van der Waals surface area contributed by atoms with Crippen LogP contribution in [-0.4, -0.2) is 40.7 Å². The lowest BCUT2D eigenvalue weighted by Crippen LogP contribution is -2.43. The van der Waals surface area contributed by atoms with E-state index in [4.69, 9.17) is 23.1 Å². The molecule has 4 aromatic rings. The minimum Gasteiger partial charge on any atom is -0.370 e. The second-order valence-electron chi connectivity index (χ2n) is 8.68. The first kappa shape index (κ1) is 26.7. The van der Waals surface area contributed by atoms with Gasteiger partial charge in [0.1, 0.15) is 11.9 Å². The number of H-pyrrole nitrogens is 1. The molecule has 38 heavy (non-hydrogen) atoms. The molecule has 196 valence electrons. The molecule has 8 nitrogen and oxygen atoms in total. The van der Waals surface area contributed by atoms with Crippen LogP contribution in [0.1, 0.15) is 23.6 Å². The summed E-state index contributed by atoms with van der Waals surface area (Å²) in [6.45, 7) is 0.253. The summed E-state index contributed by atoms with van der Waals surface area (Å²) in [5, 5.41) is 4.09. The Balaban J connectivity index is 1.69. The SMILES string of the molecule is NC(N)=NCCC(=O)N(CCc1c[nH]c2cc(F)ccc12)C(C(=O)Nc1ccccc1)c1ccccc1Cl. The number of amides is 2. The molecule has 0 bridgehead atoms. The molecular formula is C28H28ClFN6O2. The van der Waals surface area contributed by atoms with E-state index in [-0.39, 0.29) is 37.2 Å². The number of rotatable bonds is 10. The molecule has 0 saturated heterocycles. The van der Waals surface area contributed by atoms with Crippen LogP contribution in [0.3, 0.4) is 0 Å². The molecule has 6 N–H and O–H groups in total. The lowest BCUT2D eigenvalue weighted by atomic mass is 10.0. The number of aromatic nitrogens is 1. The quantitative estimate of drug-likeness (QED) is 0.178. The van der Waals surface area contributed by atoms with Crippen molar-refractivity contribution >= 4 is 46.0 Å². The van der Waals surface area contributed by atoms with Crippen molar-refractivity contribution in [1.82, 2.24) is 9.88 Å². The Labute approximate surface area is 224 Å². The van der Waals surface area contributed by atoms with Crippen molar-refractivity contribution in [3.8, 4) is 0 Å². The van der Waals surface area contributed by atoms with Gasteiger partial charge in [0.25, 0.3) is 5.91 Å². The predicted octanol–water partition coefficient (Wildman–Crippen LogP) is 4.38. The molecule has 2 amide bonds. The van der Waals surface area contributed by atoms with Crippen molar-refractivity contribution in [3.05, 3.63) is 101 Å². The predicted molar refractivity (Wildman–Crippen MR) is 148 cm³/mol. The summed E-state index contributed by atoms with van der Waals surface area (Å²) in [4.78, 5) is 35.8. The largest absolute Gasteiger partial charge is 0.370 e. The van der Waals surface area contributed by atoms with E-state index in [0.717, 1.165) is 10.9 Å². The molecule has 1 unspecified atom stereocenters. The van der Waals surface area contributed by atoms with Gasteiger partial charge in [-0.2, -0.15) is 0 Å². The molecule has 4 rings (SSSR count). The number of nitrogens with one attached hydrogen (secondary N) is 2. The highest BCUT2D eigenvalue weighted by Gasteiger charge is 2.32. The van der Waals surface area contributed by atoms with E-state index in [9.17, 15) is 14.0 Å². The van der Waals surface area contributed by atoms with E-state index in [1.54, 1.807) is 60.8 Å². The van der Waals surface area contributed by atoms with Crippen molar-refractivity contribution < 1.29 is 14.0 Å². The number of hydrogen-bond donors (Lipinski definition) is 4. The number of nitrogens with two attached hydrogens (primary N) is 2. The Morgan fingerprint density at radius 2 is 1.79 bits per heavy atom. The molecule has 1 atom stereocenters. The summed E-state index contributed by atoms with van der Waals surface area (Å²) >= 11 is 6.54. The molecule has 3 aromatic carbocycles. The van der Waals surface area contributed by atoms with Crippen LogP contribution in [0.2, 0.25) is 5.02 Å². The number of para-hydroxylation sites is 1. The van der Waals surface area contributed by atoms with Gasteiger partial charge >= 0.3 is 0 Å². The Morgan fingerprint density at radius 3 is 2.53 bits per heavy atom. The normalized spacial score (nSPS) is 11.6. The maximum Gasteiger partial charge on any atom is 0.251 e. The number of fused-ring (bicyclic) bond motifs is 1. The number of aliphatic imine (C=N–C) groups is 1. The number of carbonyl (C=O) groups is 2. The van der Waals surface area contributed by atoms with Crippen LogP contribution < -0.4 is 16.8 Å². The standard InChI is InChI=1S/C28H28ClFN6O2/c29-23-9-5-4-8-22(23)26(27(38)35-20-6-2-1-3-7-20)36(25(37)12-14-33-28(31)32)15-13-18-17-34-24-16-19(30)10-11-21(18)24/h1-11,16-17,26,34H,12-15H2,(H,35,38)(H4,31,32,33). The Bertz CT molecular complexity index is 1450. The van der Waals surface area contributed by atoms with Gasteiger partial charge in [-0.25, -0.2) is 4.39 Å². The topological polar surface area (TPSA) is 130 Å². The highest BCUT2D eigenvalue weighted by atomic mass is 35.5. The van der Waals surface area contributed by atoms with Gasteiger partial charge in [0.15, 0.2) is 5.96 Å². The van der Waals surface area contributed by atoms with Crippen LogP contribution in [0.15, 0.2) is 84.0 Å². The minimum absolute atomic E-state index is 0.0173. The van der Waals surface area contributed by atoms with Gasteiger partial charge in [0, 0.05) is 46.3 Å². The van der Waals surface area contributed by atoms with Crippen LogP contribution >= 0.6 is 11.6 Å². The molecule has 0 spiro atoms. The Kier molecular flexibility index (Phi) is 8.60. The lowest BCUT2D eigenvalue weighted by Gasteiger charge is -2.32. The van der Waals surface area contributed by atoms with Gasteiger partial charge in [-0.05, 0) is 48.4 Å². The average molecular weight is 535 g/mol. The van der Waals surface area contributed by atoms with E-state index < -0.39 is 11.9 Å². The molecule has 0 saturated carbocycles. The minimum atomic E-state index is -1.03. The maximum absolute atomic E-state index is 13.7. The van der Waals surface area contributed by atoms with E-state index in [1.807, 2.05) is 6.07 Å². The lowest BCUT2D eigenvalue weighted by molar-refractivity contribution is -0.138. The number of hydrogen-bond acceptors (Lipinski definition) is 3. The second kappa shape index (κ2) is 12.2. The number of aromatic amines is 1. The third-order valence-electron chi connectivity index (χ3n) is 6.09. The fraction of sp³-hybridized carbons (Fsp3) is 0.179. The highest BCUT2D eigenvalue weighted by Crippen LogP contribution is 2.30. The Hall–Kier alpha value is -4.37. The zero-order chi connectivity index (χ0) is 27.1. The highest BCUT2D eigenvalue weighted by molar-refractivity contribution is 6.31. The summed E-state index contributed by atoms with van der Waals surface area (Å²) in [6, 6.07) is 19.4. The fourth-order valence-corrected chi connectivity index (χ4v) is 4.55. The van der Waals surface area contributed by atoms with Crippen LogP contribution in [0.25, 0.3) is 10.9 Å². The molecule has 0 fully saturated rings. The molecule has 10 heteroatoms. The van der Waals surface area contributed by atoms with Crippen molar-refractivity contribution in [2.45, 2.75) is 18.9 Å². The fourth-order valence-electron chi connectivity index (χ4n) is 4.31. The van der Waals surface area contributed by atoms with E-state index in [0.29, 0.717) is 28.2 Å². The third-order valence-corrected chi connectivity index (χ3v) is 6.44. The van der Waals surface area contributed by atoms with Gasteiger partial charge in [-0.3, -0.25) is 14.6 Å². The summed E-state index contributed by atoms with van der Waals surface area (Å²) in [7, 11) is 0. The molecule has 1 aromatic heterocycles. The molecular weight excluding hydrogens is 507 g/mol. The summed E-state index contributed by atoms with van der Waals surface area (Å²) in [5.74, 6) is -1.21. The first-order chi connectivity index (χ1) is 18.3. The number of nitrogens with zero attached hydrogens (tertiary/aromatic N) is 2. The third kappa shape index (κ3) is 6.49.